The maximum absolute atomic E-state index is 12.3. The van der Waals surface area contributed by atoms with Crippen molar-refractivity contribution >= 4 is 28.9 Å². The van der Waals surface area contributed by atoms with Crippen LogP contribution < -0.4 is 0 Å². The molecule has 0 spiro atoms. The third-order valence-corrected chi connectivity index (χ3v) is 5.21. The van der Waals surface area contributed by atoms with Gasteiger partial charge in [0.1, 0.15) is 12.3 Å². The van der Waals surface area contributed by atoms with E-state index in [0.29, 0.717) is 12.1 Å². The quantitative estimate of drug-likeness (QED) is 0.754. The van der Waals surface area contributed by atoms with Crippen molar-refractivity contribution < 1.29 is 14.4 Å². The number of nitrogens with zero attached hydrogens (tertiary/aromatic N) is 3. The van der Waals surface area contributed by atoms with Gasteiger partial charge in [0, 0.05) is 30.3 Å². The average Bonchev–Trinajstić information content (AvgIpc) is 2.62. The molecule has 0 bridgehead atoms. The van der Waals surface area contributed by atoms with Crippen molar-refractivity contribution in [2.24, 2.45) is 16.0 Å². The Labute approximate surface area is 165 Å². The van der Waals surface area contributed by atoms with Crippen LogP contribution in [0.1, 0.15) is 42.5 Å². The summed E-state index contributed by atoms with van der Waals surface area (Å²) in [6.07, 6.45) is 2.40. The van der Waals surface area contributed by atoms with E-state index in [1.165, 1.54) is 5.01 Å². The molecule has 0 fully saturated rings. The number of amides is 1. The molecule has 146 valence electrons. The molecule has 1 aromatic rings. The van der Waals surface area contributed by atoms with Gasteiger partial charge in [-0.1, -0.05) is 13.8 Å². The highest BCUT2D eigenvalue weighted by atomic mass is 16.2. The highest BCUT2D eigenvalue weighted by molar-refractivity contribution is 6.49. The van der Waals surface area contributed by atoms with E-state index in [4.69, 9.17) is 0 Å². The van der Waals surface area contributed by atoms with Gasteiger partial charge in [0.25, 0.3) is 0 Å². The van der Waals surface area contributed by atoms with Crippen LogP contribution in [0.4, 0.5) is 0 Å². The smallest absolute Gasteiger partial charge is 0.250 e. The molecule has 0 aromatic heterocycles. The van der Waals surface area contributed by atoms with Crippen molar-refractivity contribution in [1.82, 2.24) is 5.01 Å². The SMILES string of the molecule is Cc1cc(C2=NN(C)C(=O)CC2=O)cc(C)c1CC1=NCC(=O)C(C(C)C)=C1. The lowest BCUT2D eigenvalue weighted by molar-refractivity contribution is -0.134. The molecule has 0 saturated carbocycles. The zero-order valence-corrected chi connectivity index (χ0v) is 17.0. The van der Waals surface area contributed by atoms with Crippen LogP contribution in [0.3, 0.4) is 0 Å². The van der Waals surface area contributed by atoms with E-state index in [9.17, 15) is 14.4 Å². The first-order chi connectivity index (χ1) is 13.2. The van der Waals surface area contributed by atoms with Gasteiger partial charge in [-0.3, -0.25) is 19.4 Å². The van der Waals surface area contributed by atoms with Gasteiger partial charge in [-0.2, -0.15) is 5.10 Å². The Morgan fingerprint density at radius 3 is 2.32 bits per heavy atom. The molecule has 0 N–H and O–H groups in total. The Balaban J connectivity index is 1.92. The first kappa shape index (κ1) is 19.9. The van der Waals surface area contributed by atoms with Crippen LogP contribution in [-0.4, -0.2) is 47.5 Å². The minimum atomic E-state index is -0.295. The summed E-state index contributed by atoms with van der Waals surface area (Å²) in [5.41, 5.74) is 5.97. The lowest BCUT2D eigenvalue weighted by atomic mass is 9.89. The topological polar surface area (TPSA) is 79.2 Å². The molecule has 6 heteroatoms. The predicted molar refractivity (Wildman–Crippen MR) is 109 cm³/mol. The lowest BCUT2D eigenvalue weighted by Crippen LogP contribution is -2.35. The fourth-order valence-corrected chi connectivity index (χ4v) is 3.57. The Kier molecular flexibility index (Phi) is 5.40. The number of dihydropyridines is 1. The summed E-state index contributed by atoms with van der Waals surface area (Å²) in [4.78, 5) is 40.4. The number of aryl methyl sites for hydroxylation is 2. The predicted octanol–water partition coefficient (Wildman–Crippen LogP) is 2.59. The summed E-state index contributed by atoms with van der Waals surface area (Å²) in [7, 11) is 1.56. The highest BCUT2D eigenvalue weighted by Gasteiger charge is 2.27. The van der Waals surface area contributed by atoms with Gasteiger partial charge in [-0.25, -0.2) is 5.01 Å². The molecular weight excluding hydrogens is 354 g/mol. The van der Waals surface area contributed by atoms with E-state index in [2.05, 4.69) is 10.1 Å². The largest absolute Gasteiger partial charge is 0.292 e. The van der Waals surface area contributed by atoms with Crippen LogP contribution in [0.15, 0.2) is 33.9 Å². The molecule has 0 atom stereocenters. The van der Waals surface area contributed by atoms with E-state index in [1.807, 2.05) is 45.9 Å². The van der Waals surface area contributed by atoms with Crippen molar-refractivity contribution in [3.63, 3.8) is 0 Å². The number of carbonyl (C=O) groups is 3. The van der Waals surface area contributed by atoms with E-state index in [1.54, 1.807) is 7.05 Å². The van der Waals surface area contributed by atoms with Gasteiger partial charge in [-0.15, -0.1) is 0 Å². The molecule has 2 aliphatic heterocycles. The van der Waals surface area contributed by atoms with Crippen molar-refractivity contribution in [1.29, 1.82) is 0 Å². The summed E-state index contributed by atoms with van der Waals surface area (Å²) in [6, 6.07) is 3.87. The standard InChI is InChI=1S/C22H25N3O3/c1-12(2)17-8-16(23-11-20(17)27)9-18-13(3)6-15(7-14(18)4)22-19(26)10-21(28)25(5)24-22/h6-8,12H,9-11H2,1-5H3. The molecule has 0 radical (unpaired) electrons. The maximum atomic E-state index is 12.3. The van der Waals surface area contributed by atoms with Crippen molar-refractivity contribution in [2.75, 3.05) is 13.6 Å². The minimum Gasteiger partial charge on any atom is -0.292 e. The first-order valence-electron chi connectivity index (χ1n) is 9.44. The number of allylic oxidation sites excluding steroid dienone is 1. The number of hydrazone groups is 1. The van der Waals surface area contributed by atoms with Crippen molar-refractivity contribution in [2.45, 2.75) is 40.5 Å². The Hall–Kier alpha value is -2.89. The van der Waals surface area contributed by atoms with Crippen LogP contribution in [0.25, 0.3) is 0 Å². The Morgan fingerprint density at radius 1 is 1.07 bits per heavy atom. The van der Waals surface area contributed by atoms with Crippen molar-refractivity contribution in [3.8, 4) is 0 Å². The van der Waals surface area contributed by atoms with Crippen LogP contribution in [-0.2, 0) is 20.8 Å². The Morgan fingerprint density at radius 2 is 1.71 bits per heavy atom. The van der Waals surface area contributed by atoms with Gasteiger partial charge in [0.2, 0.25) is 5.91 Å². The van der Waals surface area contributed by atoms with Crippen LogP contribution in [0, 0.1) is 19.8 Å². The summed E-state index contributed by atoms with van der Waals surface area (Å²) < 4.78 is 0. The summed E-state index contributed by atoms with van der Waals surface area (Å²) >= 11 is 0. The number of benzene rings is 1. The first-order valence-corrected chi connectivity index (χ1v) is 9.44. The van der Waals surface area contributed by atoms with E-state index < -0.39 is 0 Å². The second-order valence-corrected chi connectivity index (χ2v) is 7.72. The number of Topliss-reactive ketones (excluding diaryl/α,β-unsaturated/α-hetero) is 2. The maximum Gasteiger partial charge on any atom is 0.250 e. The average molecular weight is 379 g/mol. The second-order valence-electron chi connectivity index (χ2n) is 7.72. The number of carbonyl (C=O) groups excluding carboxylic acids is 3. The van der Waals surface area contributed by atoms with Crippen LogP contribution in [0.5, 0.6) is 0 Å². The number of hydrogen-bond donors (Lipinski definition) is 0. The minimum absolute atomic E-state index is 0.0926. The molecule has 6 nitrogen and oxygen atoms in total. The molecule has 28 heavy (non-hydrogen) atoms. The molecular formula is C22H25N3O3. The van der Waals surface area contributed by atoms with Gasteiger partial charge >= 0.3 is 0 Å². The molecule has 2 aliphatic rings. The fourth-order valence-electron chi connectivity index (χ4n) is 3.57. The molecule has 0 unspecified atom stereocenters. The van der Waals surface area contributed by atoms with Crippen LogP contribution >= 0.6 is 0 Å². The molecule has 1 amide bonds. The number of aliphatic imine (C=N–C) groups is 1. The summed E-state index contributed by atoms with van der Waals surface area (Å²) in [5.74, 6) is -0.279. The number of ketones is 2. The monoisotopic (exact) mass is 379 g/mol. The van der Waals surface area contributed by atoms with E-state index in [0.717, 1.165) is 33.5 Å². The third kappa shape index (κ3) is 3.86. The molecule has 0 aliphatic carbocycles. The number of rotatable bonds is 4. The summed E-state index contributed by atoms with van der Waals surface area (Å²) in [5, 5.41) is 5.38. The van der Waals surface area contributed by atoms with Crippen LogP contribution in [0.2, 0.25) is 0 Å². The third-order valence-electron chi connectivity index (χ3n) is 5.21. The van der Waals surface area contributed by atoms with Gasteiger partial charge in [0.05, 0.1) is 6.42 Å². The highest BCUT2D eigenvalue weighted by Crippen LogP contribution is 2.23. The Bertz CT molecular complexity index is 944. The zero-order chi connectivity index (χ0) is 20.6. The molecule has 2 heterocycles. The van der Waals surface area contributed by atoms with Gasteiger partial charge in [-0.05, 0) is 54.7 Å². The zero-order valence-electron chi connectivity index (χ0n) is 17.0. The molecule has 1 aromatic carbocycles. The van der Waals surface area contributed by atoms with Crippen molar-refractivity contribution in [3.05, 3.63) is 46.0 Å². The van der Waals surface area contributed by atoms with E-state index >= 15 is 0 Å². The fraction of sp³-hybridized carbons (Fsp3) is 0.409. The molecule has 3 rings (SSSR count). The van der Waals surface area contributed by atoms with Gasteiger partial charge < -0.3 is 0 Å². The van der Waals surface area contributed by atoms with E-state index in [-0.39, 0.29) is 36.4 Å². The lowest BCUT2D eigenvalue weighted by Gasteiger charge is -2.20. The normalized spacial score (nSPS) is 17.7. The summed E-state index contributed by atoms with van der Waals surface area (Å²) in [6.45, 7) is 8.23. The van der Waals surface area contributed by atoms with Gasteiger partial charge in [0.15, 0.2) is 11.6 Å². The molecule has 0 saturated heterocycles. The number of hydrogen-bond acceptors (Lipinski definition) is 5. The second kappa shape index (κ2) is 7.62.